The maximum absolute atomic E-state index is 11.7. The standard InChI is InChI=1S/C15H25NO5/c1-10(2)21-13(18)8-7-12(17)20-9-11(3)16-14(19)15(4,5)6/h7-8,10-11H,9H2,1-6H3,(H,16,19)/b8-7+/t11-/m1/s1. The molecule has 0 aliphatic carbocycles. The van der Waals surface area contributed by atoms with Crippen molar-refractivity contribution in [3.8, 4) is 0 Å². The summed E-state index contributed by atoms with van der Waals surface area (Å²) >= 11 is 0. The van der Waals surface area contributed by atoms with Crippen LogP contribution in [-0.2, 0) is 23.9 Å². The molecule has 0 saturated heterocycles. The first-order chi connectivity index (χ1) is 9.52. The van der Waals surface area contributed by atoms with Gasteiger partial charge in [-0.25, -0.2) is 9.59 Å². The molecule has 0 heterocycles. The van der Waals surface area contributed by atoms with E-state index in [1.807, 2.05) is 0 Å². The summed E-state index contributed by atoms with van der Waals surface area (Å²) < 4.78 is 9.75. The fourth-order valence-electron chi connectivity index (χ4n) is 1.14. The summed E-state index contributed by atoms with van der Waals surface area (Å²) in [5, 5.41) is 2.73. The van der Waals surface area contributed by atoms with Crippen molar-refractivity contribution in [2.45, 2.75) is 53.7 Å². The molecule has 1 N–H and O–H groups in total. The fraction of sp³-hybridized carbons (Fsp3) is 0.667. The quantitative estimate of drug-likeness (QED) is 0.595. The highest BCUT2D eigenvalue weighted by atomic mass is 16.5. The zero-order valence-corrected chi connectivity index (χ0v) is 13.6. The minimum absolute atomic E-state index is 0.0320. The van der Waals surface area contributed by atoms with Gasteiger partial charge in [0.2, 0.25) is 5.91 Å². The van der Waals surface area contributed by atoms with E-state index < -0.39 is 17.4 Å². The summed E-state index contributed by atoms with van der Waals surface area (Å²) in [6.07, 6.45) is 1.77. The van der Waals surface area contributed by atoms with E-state index >= 15 is 0 Å². The third-order valence-electron chi connectivity index (χ3n) is 2.24. The monoisotopic (exact) mass is 299 g/mol. The summed E-state index contributed by atoms with van der Waals surface area (Å²) in [6, 6.07) is -0.309. The van der Waals surface area contributed by atoms with Crippen molar-refractivity contribution < 1.29 is 23.9 Å². The van der Waals surface area contributed by atoms with Crippen LogP contribution in [0.2, 0.25) is 0 Å². The van der Waals surface area contributed by atoms with Crippen molar-refractivity contribution in [1.29, 1.82) is 0 Å². The van der Waals surface area contributed by atoms with Gasteiger partial charge in [-0.1, -0.05) is 20.8 Å². The molecular formula is C15H25NO5. The van der Waals surface area contributed by atoms with Gasteiger partial charge in [0.25, 0.3) is 0 Å². The van der Waals surface area contributed by atoms with Crippen LogP contribution in [0.1, 0.15) is 41.5 Å². The molecule has 1 amide bonds. The fourth-order valence-corrected chi connectivity index (χ4v) is 1.14. The Kier molecular flexibility index (Phi) is 7.70. The molecule has 6 nitrogen and oxygen atoms in total. The lowest BCUT2D eigenvalue weighted by atomic mass is 9.95. The maximum Gasteiger partial charge on any atom is 0.331 e. The first-order valence-corrected chi connectivity index (χ1v) is 6.88. The molecule has 0 aliphatic rings. The third kappa shape index (κ3) is 9.65. The molecule has 0 aromatic heterocycles. The second kappa shape index (κ2) is 8.44. The molecule has 0 unspecified atom stereocenters. The molecule has 1 atom stereocenters. The molecule has 0 spiro atoms. The van der Waals surface area contributed by atoms with Gasteiger partial charge in [-0.3, -0.25) is 4.79 Å². The Balaban J connectivity index is 4.11. The number of esters is 2. The van der Waals surface area contributed by atoms with E-state index in [2.05, 4.69) is 5.32 Å². The molecule has 0 saturated carbocycles. The molecule has 0 aromatic rings. The highest BCUT2D eigenvalue weighted by Crippen LogP contribution is 2.12. The molecule has 120 valence electrons. The van der Waals surface area contributed by atoms with Crippen molar-refractivity contribution >= 4 is 17.8 Å². The zero-order valence-electron chi connectivity index (χ0n) is 13.6. The van der Waals surface area contributed by atoms with Crippen LogP contribution in [-0.4, -0.2) is 36.6 Å². The van der Waals surface area contributed by atoms with Gasteiger partial charge in [0, 0.05) is 17.6 Å². The summed E-state index contributed by atoms with van der Waals surface area (Å²) in [4.78, 5) is 34.3. The third-order valence-corrected chi connectivity index (χ3v) is 2.24. The summed E-state index contributed by atoms with van der Waals surface area (Å²) in [7, 11) is 0. The average Bonchev–Trinajstić information content (AvgIpc) is 2.31. The molecule has 21 heavy (non-hydrogen) atoms. The van der Waals surface area contributed by atoms with Gasteiger partial charge in [-0.15, -0.1) is 0 Å². The largest absolute Gasteiger partial charge is 0.460 e. The average molecular weight is 299 g/mol. The van der Waals surface area contributed by atoms with E-state index in [1.54, 1.807) is 41.5 Å². The molecule has 6 heteroatoms. The van der Waals surface area contributed by atoms with E-state index in [1.165, 1.54) is 0 Å². The first-order valence-electron chi connectivity index (χ1n) is 6.88. The molecule has 0 radical (unpaired) electrons. The van der Waals surface area contributed by atoms with Crippen molar-refractivity contribution in [1.82, 2.24) is 5.32 Å². The minimum atomic E-state index is -0.660. The van der Waals surface area contributed by atoms with Gasteiger partial charge < -0.3 is 14.8 Å². The molecule has 0 aliphatic heterocycles. The molecular weight excluding hydrogens is 274 g/mol. The second-order valence-electron chi connectivity index (χ2n) is 6.07. The second-order valence-corrected chi connectivity index (χ2v) is 6.07. The van der Waals surface area contributed by atoms with Gasteiger partial charge in [-0.2, -0.15) is 0 Å². The van der Waals surface area contributed by atoms with Crippen molar-refractivity contribution in [2.24, 2.45) is 5.41 Å². The number of nitrogens with one attached hydrogen (secondary N) is 1. The molecule has 0 fully saturated rings. The Hall–Kier alpha value is -1.85. The Labute approximate surface area is 125 Å². The van der Waals surface area contributed by atoms with Crippen LogP contribution in [0.25, 0.3) is 0 Å². The topological polar surface area (TPSA) is 81.7 Å². The van der Waals surface area contributed by atoms with Gasteiger partial charge in [0.1, 0.15) is 6.61 Å². The van der Waals surface area contributed by atoms with Gasteiger partial charge >= 0.3 is 11.9 Å². The van der Waals surface area contributed by atoms with Crippen molar-refractivity contribution in [3.05, 3.63) is 12.2 Å². The number of rotatable bonds is 6. The molecule has 0 aromatic carbocycles. The Morgan fingerprint density at radius 1 is 1.05 bits per heavy atom. The Bertz CT molecular complexity index is 407. The van der Waals surface area contributed by atoms with Crippen LogP contribution in [0.3, 0.4) is 0 Å². The van der Waals surface area contributed by atoms with Crippen LogP contribution in [0.15, 0.2) is 12.2 Å². The number of ether oxygens (including phenoxy) is 2. The van der Waals surface area contributed by atoms with Crippen LogP contribution >= 0.6 is 0 Å². The van der Waals surface area contributed by atoms with Gasteiger partial charge in [-0.05, 0) is 20.8 Å². The number of hydrogen-bond acceptors (Lipinski definition) is 5. The Morgan fingerprint density at radius 2 is 1.57 bits per heavy atom. The lowest BCUT2D eigenvalue weighted by Crippen LogP contribution is -2.42. The lowest BCUT2D eigenvalue weighted by molar-refractivity contribution is -0.143. The van der Waals surface area contributed by atoms with Crippen LogP contribution < -0.4 is 5.32 Å². The normalized spacial score (nSPS) is 13.1. The van der Waals surface area contributed by atoms with E-state index in [0.717, 1.165) is 12.2 Å². The SMILES string of the molecule is CC(C)OC(=O)/C=C/C(=O)OC[C@@H](C)NC(=O)C(C)(C)C. The van der Waals surface area contributed by atoms with E-state index in [0.29, 0.717) is 0 Å². The summed E-state index contributed by atoms with van der Waals surface area (Å²) in [5.74, 6) is -1.38. The number of carbonyl (C=O) groups is 3. The van der Waals surface area contributed by atoms with Gasteiger partial charge in [0.05, 0.1) is 12.1 Å². The van der Waals surface area contributed by atoms with Gasteiger partial charge in [0.15, 0.2) is 0 Å². The number of carbonyl (C=O) groups excluding carboxylic acids is 3. The first kappa shape index (κ1) is 19.1. The maximum atomic E-state index is 11.7. The highest BCUT2D eigenvalue weighted by molar-refractivity contribution is 5.91. The predicted molar refractivity (Wildman–Crippen MR) is 78.4 cm³/mol. The van der Waals surface area contributed by atoms with Crippen LogP contribution in [0.4, 0.5) is 0 Å². The summed E-state index contributed by atoms with van der Waals surface area (Å²) in [6.45, 7) is 10.6. The van der Waals surface area contributed by atoms with E-state index in [4.69, 9.17) is 9.47 Å². The Morgan fingerprint density at radius 3 is 2.05 bits per heavy atom. The molecule has 0 rings (SSSR count). The number of amides is 1. The predicted octanol–water partition coefficient (Wildman–Crippen LogP) is 1.59. The highest BCUT2D eigenvalue weighted by Gasteiger charge is 2.22. The van der Waals surface area contributed by atoms with Crippen LogP contribution in [0, 0.1) is 5.41 Å². The van der Waals surface area contributed by atoms with E-state index in [-0.39, 0.29) is 24.7 Å². The van der Waals surface area contributed by atoms with E-state index in [9.17, 15) is 14.4 Å². The minimum Gasteiger partial charge on any atom is -0.460 e. The zero-order chi connectivity index (χ0) is 16.6. The van der Waals surface area contributed by atoms with Crippen molar-refractivity contribution in [2.75, 3.05) is 6.61 Å². The number of hydrogen-bond donors (Lipinski definition) is 1. The van der Waals surface area contributed by atoms with Crippen LogP contribution in [0.5, 0.6) is 0 Å². The lowest BCUT2D eigenvalue weighted by Gasteiger charge is -2.21. The summed E-state index contributed by atoms with van der Waals surface area (Å²) in [5.41, 5.74) is -0.501. The smallest absolute Gasteiger partial charge is 0.331 e. The molecule has 0 bridgehead atoms. The van der Waals surface area contributed by atoms with Crippen molar-refractivity contribution in [3.63, 3.8) is 0 Å².